The van der Waals surface area contributed by atoms with Crippen LogP contribution in [0.3, 0.4) is 0 Å². The first-order chi connectivity index (χ1) is 7.72. The van der Waals surface area contributed by atoms with Crippen LogP contribution in [0.5, 0.6) is 5.75 Å². The molecule has 1 aromatic heterocycles. The standard InChI is InChI=1S/C13H16N2O/c1-4-16-13-6-9(2)11(5-10(13)3)12-7-14-8-15-12/h5-8H,4H2,1-3H3,(H,14,15). The van der Waals surface area contributed by atoms with Crippen molar-refractivity contribution in [3.8, 4) is 17.0 Å². The summed E-state index contributed by atoms with van der Waals surface area (Å²) in [6.45, 7) is 6.84. The van der Waals surface area contributed by atoms with E-state index in [0.717, 1.165) is 17.0 Å². The van der Waals surface area contributed by atoms with Gasteiger partial charge >= 0.3 is 0 Å². The number of aromatic nitrogens is 2. The van der Waals surface area contributed by atoms with Gasteiger partial charge in [-0.3, -0.25) is 0 Å². The molecular weight excluding hydrogens is 200 g/mol. The van der Waals surface area contributed by atoms with Crippen molar-refractivity contribution in [3.05, 3.63) is 35.8 Å². The fourth-order valence-corrected chi connectivity index (χ4v) is 1.79. The van der Waals surface area contributed by atoms with E-state index in [1.165, 1.54) is 11.1 Å². The normalized spacial score (nSPS) is 10.4. The molecule has 84 valence electrons. The van der Waals surface area contributed by atoms with E-state index in [1.807, 2.05) is 13.1 Å². The molecule has 0 amide bonds. The average molecular weight is 216 g/mol. The van der Waals surface area contributed by atoms with E-state index >= 15 is 0 Å². The van der Waals surface area contributed by atoms with Crippen molar-refractivity contribution >= 4 is 0 Å². The van der Waals surface area contributed by atoms with Crippen molar-refractivity contribution in [3.63, 3.8) is 0 Å². The molecular formula is C13H16N2O. The first kappa shape index (κ1) is 10.7. The maximum atomic E-state index is 5.56. The molecule has 0 unspecified atom stereocenters. The second-order valence-electron chi connectivity index (χ2n) is 3.83. The largest absolute Gasteiger partial charge is 0.494 e. The number of nitrogens with one attached hydrogen (secondary N) is 1. The fraction of sp³-hybridized carbons (Fsp3) is 0.308. The van der Waals surface area contributed by atoms with E-state index in [-0.39, 0.29) is 0 Å². The van der Waals surface area contributed by atoms with Crippen LogP contribution in [0.15, 0.2) is 24.7 Å². The van der Waals surface area contributed by atoms with Crippen molar-refractivity contribution in [1.82, 2.24) is 9.97 Å². The molecule has 3 heteroatoms. The number of hydrogen-bond donors (Lipinski definition) is 1. The molecule has 0 atom stereocenters. The lowest BCUT2D eigenvalue weighted by Gasteiger charge is -2.11. The highest BCUT2D eigenvalue weighted by atomic mass is 16.5. The minimum absolute atomic E-state index is 0.698. The van der Waals surface area contributed by atoms with Crippen molar-refractivity contribution in [2.75, 3.05) is 6.61 Å². The number of aryl methyl sites for hydroxylation is 2. The fourth-order valence-electron chi connectivity index (χ4n) is 1.79. The van der Waals surface area contributed by atoms with Crippen molar-refractivity contribution in [2.45, 2.75) is 20.8 Å². The zero-order valence-corrected chi connectivity index (χ0v) is 9.87. The predicted molar refractivity (Wildman–Crippen MR) is 64.7 cm³/mol. The predicted octanol–water partition coefficient (Wildman–Crippen LogP) is 3.09. The molecule has 0 saturated heterocycles. The summed E-state index contributed by atoms with van der Waals surface area (Å²) >= 11 is 0. The summed E-state index contributed by atoms with van der Waals surface area (Å²) in [6, 6.07) is 4.21. The summed E-state index contributed by atoms with van der Waals surface area (Å²) in [6.07, 6.45) is 3.53. The third kappa shape index (κ3) is 1.94. The van der Waals surface area contributed by atoms with Gasteiger partial charge in [-0.1, -0.05) is 0 Å². The molecule has 0 aliphatic carbocycles. The lowest BCUT2D eigenvalue weighted by atomic mass is 10.0. The Kier molecular flexibility index (Phi) is 2.95. The molecule has 0 aliphatic rings. The molecule has 0 radical (unpaired) electrons. The molecule has 2 aromatic rings. The molecule has 0 aliphatic heterocycles. The number of imidazole rings is 1. The third-order valence-corrected chi connectivity index (χ3v) is 2.61. The molecule has 16 heavy (non-hydrogen) atoms. The average Bonchev–Trinajstić information content (AvgIpc) is 2.76. The second kappa shape index (κ2) is 4.39. The van der Waals surface area contributed by atoms with Crippen LogP contribution in [0, 0.1) is 13.8 Å². The summed E-state index contributed by atoms with van der Waals surface area (Å²) in [7, 11) is 0. The monoisotopic (exact) mass is 216 g/mol. The lowest BCUT2D eigenvalue weighted by molar-refractivity contribution is 0.337. The Balaban J connectivity index is 2.46. The molecule has 1 aromatic carbocycles. The quantitative estimate of drug-likeness (QED) is 0.856. The van der Waals surface area contributed by atoms with E-state index in [2.05, 4.69) is 35.9 Å². The van der Waals surface area contributed by atoms with Gasteiger partial charge in [-0.2, -0.15) is 0 Å². The molecule has 0 saturated carbocycles. The van der Waals surface area contributed by atoms with Crippen molar-refractivity contribution in [1.29, 1.82) is 0 Å². The highest BCUT2D eigenvalue weighted by molar-refractivity contribution is 5.65. The molecule has 3 nitrogen and oxygen atoms in total. The van der Waals surface area contributed by atoms with E-state index in [4.69, 9.17) is 4.74 Å². The van der Waals surface area contributed by atoms with Crippen LogP contribution in [0.1, 0.15) is 18.1 Å². The molecule has 0 bridgehead atoms. The van der Waals surface area contributed by atoms with Gasteiger partial charge in [0.25, 0.3) is 0 Å². The summed E-state index contributed by atoms with van der Waals surface area (Å²) in [5, 5.41) is 0. The molecule has 0 spiro atoms. The molecule has 1 N–H and O–H groups in total. The molecule has 2 rings (SSSR count). The van der Waals surface area contributed by atoms with Crippen LogP contribution >= 0.6 is 0 Å². The molecule has 1 heterocycles. The van der Waals surface area contributed by atoms with Gasteiger partial charge in [0, 0.05) is 5.56 Å². The van der Waals surface area contributed by atoms with Gasteiger partial charge in [0.15, 0.2) is 0 Å². The Hall–Kier alpha value is -1.77. The number of rotatable bonds is 3. The second-order valence-corrected chi connectivity index (χ2v) is 3.83. The SMILES string of the molecule is CCOc1cc(C)c(-c2cnc[nH]2)cc1C. The maximum Gasteiger partial charge on any atom is 0.122 e. The summed E-state index contributed by atoms with van der Waals surface area (Å²) in [4.78, 5) is 7.16. The minimum atomic E-state index is 0.698. The zero-order chi connectivity index (χ0) is 11.5. The number of ether oxygens (including phenoxy) is 1. The maximum absolute atomic E-state index is 5.56. The van der Waals surface area contributed by atoms with Crippen LogP contribution in [0.25, 0.3) is 11.3 Å². The Morgan fingerprint density at radius 3 is 2.69 bits per heavy atom. The summed E-state index contributed by atoms with van der Waals surface area (Å²) in [5.41, 5.74) is 4.57. The minimum Gasteiger partial charge on any atom is -0.494 e. The first-order valence-corrected chi connectivity index (χ1v) is 5.45. The Morgan fingerprint density at radius 1 is 1.25 bits per heavy atom. The van der Waals surface area contributed by atoms with E-state index in [9.17, 15) is 0 Å². The van der Waals surface area contributed by atoms with E-state index < -0.39 is 0 Å². The summed E-state index contributed by atoms with van der Waals surface area (Å²) in [5.74, 6) is 0.961. The van der Waals surface area contributed by atoms with Crippen molar-refractivity contribution in [2.24, 2.45) is 0 Å². The zero-order valence-electron chi connectivity index (χ0n) is 9.87. The smallest absolute Gasteiger partial charge is 0.122 e. The van der Waals surface area contributed by atoms with Crippen LogP contribution in [0.4, 0.5) is 0 Å². The number of H-pyrrole nitrogens is 1. The number of nitrogens with zero attached hydrogens (tertiary/aromatic N) is 1. The van der Waals surface area contributed by atoms with Crippen molar-refractivity contribution < 1.29 is 4.74 Å². The summed E-state index contributed by atoms with van der Waals surface area (Å²) < 4.78 is 5.56. The Morgan fingerprint density at radius 2 is 2.06 bits per heavy atom. The van der Waals surface area contributed by atoms with Gasteiger partial charge in [-0.25, -0.2) is 4.98 Å². The Labute approximate surface area is 95.5 Å². The topological polar surface area (TPSA) is 37.9 Å². The van der Waals surface area contributed by atoms with Gasteiger partial charge < -0.3 is 9.72 Å². The van der Waals surface area contributed by atoms with E-state index in [1.54, 1.807) is 6.33 Å². The van der Waals surface area contributed by atoms with Crippen LogP contribution in [-0.2, 0) is 0 Å². The Bertz CT molecular complexity index is 475. The highest BCUT2D eigenvalue weighted by Gasteiger charge is 2.07. The highest BCUT2D eigenvalue weighted by Crippen LogP contribution is 2.28. The number of benzene rings is 1. The lowest BCUT2D eigenvalue weighted by Crippen LogP contribution is -1.96. The first-order valence-electron chi connectivity index (χ1n) is 5.45. The molecule has 0 fully saturated rings. The van der Waals surface area contributed by atoms with Crippen LogP contribution in [-0.4, -0.2) is 16.6 Å². The van der Waals surface area contributed by atoms with Gasteiger partial charge in [0.1, 0.15) is 5.75 Å². The van der Waals surface area contributed by atoms with Gasteiger partial charge in [-0.05, 0) is 44.0 Å². The van der Waals surface area contributed by atoms with Gasteiger partial charge in [0.2, 0.25) is 0 Å². The third-order valence-electron chi connectivity index (χ3n) is 2.61. The number of aromatic amines is 1. The van der Waals surface area contributed by atoms with Crippen LogP contribution in [0.2, 0.25) is 0 Å². The van der Waals surface area contributed by atoms with Gasteiger partial charge in [0.05, 0.1) is 24.8 Å². The van der Waals surface area contributed by atoms with E-state index in [0.29, 0.717) is 6.61 Å². The van der Waals surface area contributed by atoms with Gasteiger partial charge in [-0.15, -0.1) is 0 Å². The van der Waals surface area contributed by atoms with Crippen LogP contribution < -0.4 is 4.74 Å². The number of hydrogen-bond acceptors (Lipinski definition) is 2.